The van der Waals surface area contributed by atoms with E-state index < -0.39 is 0 Å². The number of benzene rings is 1. The van der Waals surface area contributed by atoms with Crippen LogP contribution in [0.3, 0.4) is 0 Å². The van der Waals surface area contributed by atoms with E-state index in [9.17, 15) is 4.79 Å². The monoisotopic (exact) mass is 329 g/mol. The highest BCUT2D eigenvalue weighted by Gasteiger charge is 2.31. The van der Waals surface area contributed by atoms with Crippen LogP contribution in [0.2, 0.25) is 0 Å². The molecule has 0 aliphatic heterocycles. The van der Waals surface area contributed by atoms with Crippen molar-refractivity contribution >= 4 is 22.4 Å². The zero-order valence-electron chi connectivity index (χ0n) is 13.8. The van der Waals surface area contributed by atoms with Gasteiger partial charge in [0.05, 0.1) is 0 Å². The number of amides is 1. The Kier molecular flexibility index (Phi) is 5.06. The van der Waals surface area contributed by atoms with Gasteiger partial charge >= 0.3 is 0 Å². The number of unbranched alkanes of at least 4 members (excludes halogenated alkanes) is 1. The summed E-state index contributed by atoms with van der Waals surface area (Å²) < 4.78 is 0. The van der Waals surface area contributed by atoms with Crippen LogP contribution in [0.4, 0.5) is 5.13 Å². The molecule has 0 N–H and O–H groups in total. The Morgan fingerprint density at radius 3 is 2.74 bits per heavy atom. The molecular weight excluding hydrogens is 306 g/mol. The molecule has 122 valence electrons. The predicted octanol–water partition coefficient (Wildman–Crippen LogP) is 4.45. The lowest BCUT2D eigenvalue weighted by atomic mass is 9.84. The molecule has 23 heavy (non-hydrogen) atoms. The molecule has 2 aromatic rings. The van der Waals surface area contributed by atoms with Crippen LogP contribution in [-0.4, -0.2) is 22.6 Å². The number of hydrogen-bond donors (Lipinski definition) is 0. The first-order chi connectivity index (χ1) is 11.2. The summed E-state index contributed by atoms with van der Waals surface area (Å²) in [6.45, 7) is 4.96. The maximum absolute atomic E-state index is 12.7. The zero-order chi connectivity index (χ0) is 16.2. The van der Waals surface area contributed by atoms with E-state index in [0.717, 1.165) is 47.9 Å². The number of aryl methyl sites for hydroxylation is 1. The number of carbonyl (C=O) groups excluding carboxylic acids is 1. The van der Waals surface area contributed by atoms with Gasteiger partial charge in [0.15, 0.2) is 0 Å². The van der Waals surface area contributed by atoms with Crippen molar-refractivity contribution in [3.05, 3.63) is 29.8 Å². The number of nitrogens with zero attached hydrogens (tertiary/aromatic N) is 3. The fourth-order valence-corrected chi connectivity index (χ4v) is 3.70. The first kappa shape index (κ1) is 16.1. The average molecular weight is 329 g/mol. The smallest absolute Gasteiger partial charge is 0.231 e. The molecule has 0 unspecified atom stereocenters. The van der Waals surface area contributed by atoms with E-state index in [1.54, 1.807) is 0 Å². The summed E-state index contributed by atoms with van der Waals surface area (Å²) in [5, 5.41) is 10.3. The van der Waals surface area contributed by atoms with E-state index in [2.05, 4.69) is 36.2 Å². The van der Waals surface area contributed by atoms with E-state index in [-0.39, 0.29) is 11.8 Å². The number of hydrogen-bond acceptors (Lipinski definition) is 4. The molecule has 1 heterocycles. The van der Waals surface area contributed by atoms with Crippen LogP contribution in [0.15, 0.2) is 24.3 Å². The maximum Gasteiger partial charge on any atom is 0.231 e. The first-order valence-corrected chi connectivity index (χ1v) is 9.23. The highest BCUT2D eigenvalue weighted by Crippen LogP contribution is 2.34. The van der Waals surface area contributed by atoms with Crippen LogP contribution in [0.1, 0.15) is 44.6 Å². The average Bonchev–Trinajstić information content (AvgIpc) is 2.96. The van der Waals surface area contributed by atoms with Crippen LogP contribution < -0.4 is 4.90 Å². The van der Waals surface area contributed by atoms with Gasteiger partial charge in [0, 0.05) is 18.0 Å². The van der Waals surface area contributed by atoms with Crippen LogP contribution in [0.25, 0.3) is 10.6 Å². The lowest BCUT2D eigenvalue weighted by Gasteiger charge is -2.29. The number of carbonyl (C=O) groups is 1. The normalized spacial score (nSPS) is 14.5. The molecule has 0 saturated heterocycles. The van der Waals surface area contributed by atoms with Crippen molar-refractivity contribution in [3.8, 4) is 10.6 Å². The molecule has 1 aromatic heterocycles. The van der Waals surface area contributed by atoms with Crippen molar-refractivity contribution in [3.63, 3.8) is 0 Å². The summed E-state index contributed by atoms with van der Waals surface area (Å²) in [5.74, 6) is 0.426. The van der Waals surface area contributed by atoms with Gasteiger partial charge in [0.2, 0.25) is 11.0 Å². The standard InChI is InChI=1S/C18H23N3OS/c1-3-4-12-21(17(22)14-9-7-10-14)18-20-19-16(23-18)15-11-6-5-8-13(15)2/h5-6,8,11,14H,3-4,7,9-10,12H2,1-2H3. The topological polar surface area (TPSA) is 46.1 Å². The van der Waals surface area contributed by atoms with Crippen LogP contribution in [0.5, 0.6) is 0 Å². The molecule has 4 nitrogen and oxygen atoms in total. The Labute approximate surface area is 141 Å². The van der Waals surface area contributed by atoms with Gasteiger partial charge in [-0.05, 0) is 31.7 Å². The fraction of sp³-hybridized carbons (Fsp3) is 0.500. The van der Waals surface area contributed by atoms with Gasteiger partial charge in [0.1, 0.15) is 5.01 Å². The molecular formula is C18H23N3OS. The molecule has 0 atom stereocenters. The molecule has 0 bridgehead atoms. The van der Waals surface area contributed by atoms with Crippen molar-refractivity contribution in [1.82, 2.24) is 10.2 Å². The summed E-state index contributed by atoms with van der Waals surface area (Å²) in [6, 6.07) is 8.17. The van der Waals surface area contributed by atoms with Crippen molar-refractivity contribution in [1.29, 1.82) is 0 Å². The summed E-state index contributed by atoms with van der Waals surface area (Å²) in [5.41, 5.74) is 2.28. The third kappa shape index (κ3) is 3.44. The second-order valence-electron chi connectivity index (χ2n) is 6.18. The van der Waals surface area contributed by atoms with Gasteiger partial charge in [0.25, 0.3) is 0 Å². The quantitative estimate of drug-likeness (QED) is 0.786. The zero-order valence-corrected chi connectivity index (χ0v) is 14.6. The summed E-state index contributed by atoms with van der Waals surface area (Å²) >= 11 is 1.52. The SMILES string of the molecule is CCCCN(C(=O)C1CCC1)c1nnc(-c2ccccc2C)s1. The van der Waals surface area contributed by atoms with E-state index in [0.29, 0.717) is 0 Å². The molecule has 1 aromatic carbocycles. The van der Waals surface area contributed by atoms with Crippen molar-refractivity contribution < 1.29 is 4.79 Å². The Bertz CT molecular complexity index is 678. The Balaban J connectivity index is 1.85. The maximum atomic E-state index is 12.7. The minimum absolute atomic E-state index is 0.192. The molecule has 0 radical (unpaired) electrons. The minimum atomic E-state index is 0.192. The number of anilines is 1. The Hall–Kier alpha value is -1.75. The first-order valence-electron chi connectivity index (χ1n) is 8.41. The van der Waals surface area contributed by atoms with Gasteiger partial charge in [-0.15, -0.1) is 10.2 Å². The van der Waals surface area contributed by atoms with Crippen molar-refractivity contribution in [2.45, 2.75) is 46.0 Å². The fourth-order valence-electron chi connectivity index (χ4n) is 2.74. The van der Waals surface area contributed by atoms with Gasteiger partial charge in [-0.25, -0.2) is 0 Å². The van der Waals surface area contributed by atoms with E-state index >= 15 is 0 Å². The minimum Gasteiger partial charge on any atom is -0.286 e. The summed E-state index contributed by atoms with van der Waals surface area (Å²) in [7, 11) is 0. The lowest BCUT2D eigenvalue weighted by molar-refractivity contribution is -0.124. The highest BCUT2D eigenvalue weighted by molar-refractivity contribution is 7.18. The largest absolute Gasteiger partial charge is 0.286 e. The van der Waals surface area contributed by atoms with Crippen molar-refractivity contribution in [2.75, 3.05) is 11.4 Å². The second kappa shape index (κ2) is 7.21. The molecule has 5 heteroatoms. The molecule has 1 amide bonds. The third-order valence-electron chi connectivity index (χ3n) is 4.48. The van der Waals surface area contributed by atoms with Gasteiger partial charge in [-0.2, -0.15) is 0 Å². The molecule has 1 aliphatic rings. The highest BCUT2D eigenvalue weighted by atomic mass is 32.1. The van der Waals surface area contributed by atoms with E-state index in [1.807, 2.05) is 17.0 Å². The lowest BCUT2D eigenvalue weighted by Crippen LogP contribution is -2.39. The molecule has 1 aliphatic carbocycles. The Morgan fingerprint density at radius 1 is 1.30 bits per heavy atom. The summed E-state index contributed by atoms with van der Waals surface area (Å²) in [4.78, 5) is 14.6. The van der Waals surface area contributed by atoms with Gasteiger partial charge in [-0.1, -0.05) is 55.4 Å². The van der Waals surface area contributed by atoms with Crippen molar-refractivity contribution in [2.24, 2.45) is 5.92 Å². The molecule has 3 rings (SSSR count). The summed E-state index contributed by atoms with van der Waals surface area (Å²) in [6.07, 6.45) is 5.27. The van der Waals surface area contributed by atoms with Gasteiger partial charge in [-0.3, -0.25) is 9.69 Å². The molecule has 0 spiro atoms. The predicted molar refractivity (Wildman–Crippen MR) is 94.7 cm³/mol. The molecule has 1 saturated carbocycles. The van der Waals surface area contributed by atoms with E-state index in [4.69, 9.17) is 0 Å². The van der Waals surface area contributed by atoms with Crippen LogP contribution in [-0.2, 0) is 4.79 Å². The number of rotatable bonds is 6. The van der Waals surface area contributed by atoms with E-state index in [1.165, 1.54) is 23.3 Å². The van der Waals surface area contributed by atoms with Gasteiger partial charge < -0.3 is 0 Å². The molecule has 1 fully saturated rings. The third-order valence-corrected chi connectivity index (χ3v) is 5.46. The Morgan fingerprint density at radius 2 is 2.09 bits per heavy atom. The van der Waals surface area contributed by atoms with Crippen LogP contribution in [0, 0.1) is 12.8 Å². The number of aromatic nitrogens is 2. The second-order valence-corrected chi connectivity index (χ2v) is 7.13. The van der Waals surface area contributed by atoms with Crippen LogP contribution >= 0.6 is 11.3 Å².